The first-order chi connectivity index (χ1) is 14.8. The Balaban J connectivity index is 1.45. The van der Waals surface area contributed by atoms with Crippen LogP contribution in [0.15, 0.2) is 67.0 Å². The van der Waals surface area contributed by atoms with Gasteiger partial charge in [-0.2, -0.15) is 5.10 Å². The predicted octanol–water partition coefficient (Wildman–Crippen LogP) is 5.68. The summed E-state index contributed by atoms with van der Waals surface area (Å²) in [6.07, 6.45) is 7.08. The molecule has 0 aliphatic carbocycles. The van der Waals surface area contributed by atoms with Crippen LogP contribution in [-0.4, -0.2) is 21.4 Å². The lowest BCUT2D eigenvalue weighted by molar-refractivity contribution is -0.0366. The fourth-order valence-corrected chi connectivity index (χ4v) is 4.05. The van der Waals surface area contributed by atoms with E-state index in [2.05, 4.69) is 41.3 Å². The lowest BCUT2D eigenvalue weighted by Crippen LogP contribution is -2.18. The van der Waals surface area contributed by atoms with Crippen molar-refractivity contribution in [2.45, 2.75) is 39.0 Å². The molecule has 152 valence electrons. The molecule has 2 aromatic carbocycles. The smallest absolute Gasteiger partial charge is 0.214 e. The van der Waals surface area contributed by atoms with Gasteiger partial charge in [0.2, 0.25) is 5.88 Å². The molecular formula is C25H25N3O2. The van der Waals surface area contributed by atoms with Gasteiger partial charge >= 0.3 is 0 Å². The summed E-state index contributed by atoms with van der Waals surface area (Å²) < 4.78 is 13.9. The standard InChI is InChI=1S/C25H25N3O2/c1-18-13-21-16-27-28(25-9-5-6-12-29-25)23(21)15-22(18)20-10-11-26-24(14-20)30-17-19-7-3-2-4-8-19/h2-4,7-8,10-11,13-16,25H,5-6,9,12,17H2,1H3. The molecule has 1 aliphatic heterocycles. The van der Waals surface area contributed by atoms with E-state index in [1.54, 1.807) is 6.20 Å². The summed E-state index contributed by atoms with van der Waals surface area (Å²) in [5, 5.41) is 5.77. The fraction of sp³-hybridized carbons (Fsp3) is 0.280. The van der Waals surface area contributed by atoms with Crippen LogP contribution >= 0.6 is 0 Å². The second-order valence-corrected chi connectivity index (χ2v) is 7.79. The Morgan fingerprint density at radius 1 is 1.10 bits per heavy atom. The van der Waals surface area contributed by atoms with Gasteiger partial charge in [0.15, 0.2) is 6.23 Å². The van der Waals surface area contributed by atoms with E-state index in [4.69, 9.17) is 9.47 Å². The van der Waals surface area contributed by atoms with E-state index >= 15 is 0 Å². The first kappa shape index (κ1) is 18.8. The van der Waals surface area contributed by atoms with Crippen molar-refractivity contribution >= 4 is 10.9 Å². The molecule has 1 saturated heterocycles. The van der Waals surface area contributed by atoms with E-state index in [0.29, 0.717) is 12.5 Å². The minimum Gasteiger partial charge on any atom is -0.473 e. The van der Waals surface area contributed by atoms with Crippen molar-refractivity contribution in [1.29, 1.82) is 0 Å². The van der Waals surface area contributed by atoms with Crippen molar-refractivity contribution in [1.82, 2.24) is 14.8 Å². The topological polar surface area (TPSA) is 49.2 Å². The summed E-state index contributed by atoms with van der Waals surface area (Å²) in [5.74, 6) is 0.625. The lowest BCUT2D eigenvalue weighted by Gasteiger charge is -2.23. The van der Waals surface area contributed by atoms with Crippen LogP contribution in [0.3, 0.4) is 0 Å². The molecule has 1 fully saturated rings. The molecule has 0 spiro atoms. The summed E-state index contributed by atoms with van der Waals surface area (Å²) >= 11 is 0. The summed E-state index contributed by atoms with van der Waals surface area (Å²) in [6.45, 7) is 3.44. The summed E-state index contributed by atoms with van der Waals surface area (Å²) in [7, 11) is 0. The molecule has 0 N–H and O–H groups in total. The van der Waals surface area contributed by atoms with Crippen molar-refractivity contribution in [2.75, 3.05) is 6.61 Å². The molecule has 2 aromatic heterocycles. The van der Waals surface area contributed by atoms with Gasteiger partial charge in [-0.3, -0.25) is 0 Å². The first-order valence-corrected chi connectivity index (χ1v) is 10.5. The molecule has 0 radical (unpaired) electrons. The maximum atomic E-state index is 5.97. The summed E-state index contributed by atoms with van der Waals surface area (Å²) in [6, 6.07) is 18.6. The Morgan fingerprint density at radius 3 is 2.83 bits per heavy atom. The Bertz CT molecular complexity index is 1150. The number of ether oxygens (including phenoxy) is 2. The monoisotopic (exact) mass is 399 g/mol. The SMILES string of the molecule is Cc1cc2cnn(C3CCCCO3)c2cc1-c1ccnc(OCc2ccccc2)c1. The zero-order valence-electron chi connectivity index (χ0n) is 17.1. The second-order valence-electron chi connectivity index (χ2n) is 7.79. The molecule has 0 amide bonds. The molecule has 3 heterocycles. The third-order valence-corrected chi connectivity index (χ3v) is 5.65. The summed E-state index contributed by atoms with van der Waals surface area (Å²) in [5.41, 5.74) is 5.67. The lowest BCUT2D eigenvalue weighted by atomic mass is 9.99. The Labute approximate surface area is 176 Å². The molecule has 1 unspecified atom stereocenters. The molecule has 5 rings (SSSR count). The quantitative estimate of drug-likeness (QED) is 0.433. The van der Waals surface area contributed by atoms with Crippen LogP contribution in [0, 0.1) is 6.92 Å². The van der Waals surface area contributed by atoms with E-state index in [1.807, 2.05) is 41.2 Å². The highest BCUT2D eigenvalue weighted by Crippen LogP contribution is 2.32. The molecule has 5 heteroatoms. The molecule has 0 bridgehead atoms. The van der Waals surface area contributed by atoms with Crippen molar-refractivity contribution in [3.8, 4) is 17.0 Å². The predicted molar refractivity (Wildman–Crippen MR) is 117 cm³/mol. The third-order valence-electron chi connectivity index (χ3n) is 5.65. The third kappa shape index (κ3) is 3.81. The van der Waals surface area contributed by atoms with Gasteiger partial charge in [0.25, 0.3) is 0 Å². The number of fused-ring (bicyclic) bond motifs is 1. The molecule has 5 nitrogen and oxygen atoms in total. The number of hydrogen-bond acceptors (Lipinski definition) is 4. The molecule has 0 saturated carbocycles. The van der Waals surface area contributed by atoms with Crippen LogP contribution in [0.2, 0.25) is 0 Å². The number of aryl methyl sites for hydroxylation is 1. The number of benzene rings is 2. The fourth-order valence-electron chi connectivity index (χ4n) is 4.05. The van der Waals surface area contributed by atoms with E-state index in [9.17, 15) is 0 Å². The average Bonchev–Trinajstić information content (AvgIpc) is 3.21. The number of rotatable bonds is 5. The highest BCUT2D eigenvalue weighted by molar-refractivity contribution is 5.86. The van der Waals surface area contributed by atoms with Crippen LogP contribution in [0.5, 0.6) is 5.88 Å². The van der Waals surface area contributed by atoms with E-state index in [0.717, 1.165) is 47.0 Å². The Hall–Kier alpha value is -3.18. The van der Waals surface area contributed by atoms with Crippen molar-refractivity contribution in [3.05, 3.63) is 78.1 Å². The molecule has 1 aliphatic rings. The minimum absolute atomic E-state index is 0.0222. The Kier molecular flexibility index (Phi) is 5.20. The van der Waals surface area contributed by atoms with Gasteiger partial charge < -0.3 is 9.47 Å². The van der Waals surface area contributed by atoms with Crippen molar-refractivity contribution in [2.24, 2.45) is 0 Å². The van der Waals surface area contributed by atoms with Crippen LogP contribution in [0.25, 0.3) is 22.0 Å². The van der Waals surface area contributed by atoms with E-state index in [-0.39, 0.29) is 6.23 Å². The highest BCUT2D eigenvalue weighted by Gasteiger charge is 2.19. The van der Waals surface area contributed by atoms with Crippen molar-refractivity contribution < 1.29 is 9.47 Å². The molecule has 4 aromatic rings. The average molecular weight is 399 g/mol. The molecule has 30 heavy (non-hydrogen) atoms. The number of hydrogen-bond donors (Lipinski definition) is 0. The number of pyridine rings is 1. The first-order valence-electron chi connectivity index (χ1n) is 10.5. The zero-order valence-corrected chi connectivity index (χ0v) is 17.1. The molecule has 1 atom stereocenters. The van der Waals surface area contributed by atoms with Crippen LogP contribution in [-0.2, 0) is 11.3 Å². The van der Waals surface area contributed by atoms with Gasteiger partial charge in [0.05, 0.1) is 11.7 Å². The normalized spacial score (nSPS) is 16.6. The van der Waals surface area contributed by atoms with Gasteiger partial charge in [0.1, 0.15) is 6.61 Å². The maximum Gasteiger partial charge on any atom is 0.214 e. The second kappa shape index (κ2) is 8.28. The molecular weight excluding hydrogens is 374 g/mol. The summed E-state index contributed by atoms with van der Waals surface area (Å²) in [4.78, 5) is 4.39. The Morgan fingerprint density at radius 2 is 2.00 bits per heavy atom. The number of nitrogens with zero attached hydrogens (tertiary/aromatic N) is 3. The van der Waals surface area contributed by atoms with Gasteiger partial charge in [-0.1, -0.05) is 30.3 Å². The van der Waals surface area contributed by atoms with Crippen molar-refractivity contribution in [3.63, 3.8) is 0 Å². The van der Waals surface area contributed by atoms with Gasteiger partial charge in [-0.15, -0.1) is 0 Å². The van der Waals surface area contributed by atoms with Crippen LogP contribution in [0.1, 0.15) is 36.6 Å². The van der Waals surface area contributed by atoms with Gasteiger partial charge in [0, 0.05) is 24.3 Å². The number of aromatic nitrogens is 3. The van der Waals surface area contributed by atoms with Gasteiger partial charge in [-0.25, -0.2) is 9.67 Å². The maximum absolute atomic E-state index is 5.97. The van der Waals surface area contributed by atoms with Gasteiger partial charge in [-0.05, 0) is 66.6 Å². The highest BCUT2D eigenvalue weighted by atomic mass is 16.5. The van der Waals surface area contributed by atoms with Crippen LogP contribution in [0.4, 0.5) is 0 Å². The van der Waals surface area contributed by atoms with E-state index in [1.165, 1.54) is 12.0 Å². The van der Waals surface area contributed by atoms with E-state index < -0.39 is 0 Å². The van der Waals surface area contributed by atoms with Crippen LogP contribution < -0.4 is 4.74 Å². The largest absolute Gasteiger partial charge is 0.473 e. The minimum atomic E-state index is 0.0222. The zero-order chi connectivity index (χ0) is 20.3.